The Kier molecular flexibility index (Phi) is 5.95. The van der Waals surface area contributed by atoms with Crippen LogP contribution in [0.5, 0.6) is 5.75 Å². The van der Waals surface area contributed by atoms with Crippen molar-refractivity contribution < 1.29 is 9.31 Å². The van der Waals surface area contributed by atoms with Gasteiger partial charge in [-0.1, -0.05) is 36.4 Å². The monoisotopic (exact) mass is 443 g/mol. The van der Waals surface area contributed by atoms with Crippen LogP contribution >= 0.6 is 0 Å². The van der Waals surface area contributed by atoms with Crippen LogP contribution in [-0.4, -0.2) is 40.9 Å². The van der Waals surface area contributed by atoms with E-state index in [1.807, 2.05) is 0 Å². The van der Waals surface area contributed by atoms with Gasteiger partial charge in [0.1, 0.15) is 18.9 Å². The molecule has 3 aliphatic rings. The molecule has 3 atom stereocenters. The maximum atomic E-state index is 6.89. The van der Waals surface area contributed by atoms with Crippen LogP contribution in [0.4, 0.5) is 0 Å². The van der Waals surface area contributed by atoms with Gasteiger partial charge in [-0.05, 0) is 99.4 Å². The first-order valence-electron chi connectivity index (χ1n) is 12.7. The highest BCUT2D eigenvalue weighted by Gasteiger charge is 2.48. The Morgan fingerprint density at radius 1 is 1.06 bits per heavy atom. The molecule has 2 aliphatic heterocycles. The van der Waals surface area contributed by atoms with Crippen molar-refractivity contribution in [2.75, 3.05) is 20.1 Å². The van der Waals surface area contributed by atoms with Gasteiger partial charge in [0.15, 0.2) is 11.9 Å². The van der Waals surface area contributed by atoms with E-state index >= 15 is 0 Å². The number of fused-ring (bicyclic) bond motifs is 1. The van der Waals surface area contributed by atoms with Gasteiger partial charge in [0, 0.05) is 13.3 Å². The molecule has 3 unspecified atom stereocenters. The zero-order chi connectivity index (χ0) is 23.2. The summed E-state index contributed by atoms with van der Waals surface area (Å²) in [4.78, 5) is 2.68. The summed E-state index contributed by atoms with van der Waals surface area (Å²) in [5.74, 6) is 1.62. The van der Waals surface area contributed by atoms with Crippen LogP contribution in [0.2, 0.25) is 0 Å². The molecule has 2 aromatic rings. The van der Waals surface area contributed by atoms with Gasteiger partial charge in [-0.25, -0.2) is 4.58 Å². The second kappa shape index (κ2) is 8.76. The number of nitrogens with zero attached hydrogens (tertiary/aromatic N) is 2. The number of allylic oxidation sites excluding steroid dienone is 1. The summed E-state index contributed by atoms with van der Waals surface area (Å²) in [6.07, 6.45) is 8.28. The fourth-order valence-corrected chi connectivity index (χ4v) is 6.26. The van der Waals surface area contributed by atoms with E-state index in [0.29, 0.717) is 5.92 Å². The highest BCUT2D eigenvalue weighted by atomic mass is 16.5. The number of aryl methyl sites for hydroxylation is 1. The molecule has 2 heterocycles. The summed E-state index contributed by atoms with van der Waals surface area (Å²) in [5, 5.41) is 0. The molecule has 0 radical (unpaired) electrons. The Morgan fingerprint density at radius 3 is 2.58 bits per heavy atom. The lowest BCUT2D eigenvalue weighted by Gasteiger charge is -2.40. The largest absolute Gasteiger partial charge is 0.483 e. The highest BCUT2D eigenvalue weighted by Crippen LogP contribution is 2.47. The van der Waals surface area contributed by atoms with Gasteiger partial charge < -0.3 is 4.74 Å². The second-order valence-corrected chi connectivity index (χ2v) is 10.8. The lowest BCUT2D eigenvalue weighted by molar-refractivity contribution is -0.428. The van der Waals surface area contributed by atoms with Crippen LogP contribution in [0.3, 0.4) is 0 Å². The van der Waals surface area contributed by atoms with E-state index in [9.17, 15) is 0 Å². The molecule has 174 valence electrons. The quantitative estimate of drug-likeness (QED) is 0.519. The molecule has 1 saturated heterocycles. The van der Waals surface area contributed by atoms with Gasteiger partial charge in [0.2, 0.25) is 0 Å². The lowest BCUT2D eigenvalue weighted by Crippen LogP contribution is -2.49. The summed E-state index contributed by atoms with van der Waals surface area (Å²) < 4.78 is 9.16. The summed E-state index contributed by atoms with van der Waals surface area (Å²) in [6.45, 7) is 11.5. The van der Waals surface area contributed by atoms with Gasteiger partial charge >= 0.3 is 0 Å². The Bertz CT molecular complexity index is 1110. The standard InChI is InChI=1S/C30H39N2O/c1-21-16-24(18-26-17-23(3)31(5)20-22(26)2)12-13-28(21)33-29-27-11-7-6-10-25(27)19-30(29,4)32-14-8-9-15-32/h6-7,10-13,16,20,26,29H,8-9,14-15,17-19H2,1-5H3/q+1. The molecule has 3 nitrogen and oxygen atoms in total. The van der Waals surface area contributed by atoms with Crippen molar-refractivity contribution in [3.8, 4) is 5.75 Å². The maximum Gasteiger partial charge on any atom is 0.167 e. The molecular formula is C30H39N2O+. The van der Waals surface area contributed by atoms with Gasteiger partial charge in [0.25, 0.3) is 0 Å². The minimum absolute atomic E-state index is 0.0225. The molecule has 0 spiro atoms. The Hall–Kier alpha value is -2.39. The number of likely N-dealkylation sites (tertiary alicyclic amines) is 1. The Balaban J connectivity index is 1.38. The van der Waals surface area contributed by atoms with Crippen molar-refractivity contribution in [1.82, 2.24) is 4.90 Å². The molecule has 2 aromatic carbocycles. The third kappa shape index (κ3) is 4.17. The van der Waals surface area contributed by atoms with Crippen LogP contribution in [0, 0.1) is 12.8 Å². The van der Waals surface area contributed by atoms with Gasteiger partial charge in [0.05, 0.1) is 5.54 Å². The third-order valence-electron chi connectivity index (χ3n) is 8.43. The molecule has 0 aromatic heterocycles. The van der Waals surface area contributed by atoms with Crippen molar-refractivity contribution in [2.45, 2.75) is 71.4 Å². The first-order chi connectivity index (χ1) is 15.8. The van der Waals surface area contributed by atoms with E-state index in [0.717, 1.165) is 25.0 Å². The molecule has 3 heteroatoms. The summed E-state index contributed by atoms with van der Waals surface area (Å²) >= 11 is 0. The average Bonchev–Trinajstić information content (AvgIpc) is 3.42. The maximum absolute atomic E-state index is 6.89. The number of benzene rings is 2. The molecule has 0 amide bonds. The normalized spacial score (nSPS) is 27.6. The topological polar surface area (TPSA) is 15.5 Å². The number of rotatable bonds is 5. The molecule has 1 fully saturated rings. The molecule has 0 bridgehead atoms. The van der Waals surface area contributed by atoms with Crippen molar-refractivity contribution in [3.63, 3.8) is 0 Å². The Labute approximate surface area is 199 Å². The van der Waals surface area contributed by atoms with E-state index < -0.39 is 0 Å². The van der Waals surface area contributed by atoms with E-state index in [4.69, 9.17) is 4.74 Å². The fourth-order valence-electron chi connectivity index (χ4n) is 6.26. The average molecular weight is 444 g/mol. The lowest BCUT2D eigenvalue weighted by atomic mass is 9.86. The van der Waals surface area contributed by atoms with Gasteiger partial charge in [-0.15, -0.1) is 0 Å². The van der Waals surface area contributed by atoms with Crippen LogP contribution in [0.1, 0.15) is 68.4 Å². The van der Waals surface area contributed by atoms with Crippen LogP contribution in [-0.2, 0) is 12.8 Å². The van der Waals surface area contributed by atoms with E-state index in [-0.39, 0.29) is 11.6 Å². The molecule has 5 rings (SSSR count). The Morgan fingerprint density at radius 2 is 1.82 bits per heavy atom. The van der Waals surface area contributed by atoms with E-state index in [2.05, 4.69) is 92.9 Å². The third-order valence-corrected chi connectivity index (χ3v) is 8.43. The number of ether oxygens (including phenoxy) is 1. The zero-order valence-corrected chi connectivity index (χ0v) is 21.0. The predicted octanol–water partition coefficient (Wildman–Crippen LogP) is 6.10. The molecule has 0 saturated carbocycles. The molecular weight excluding hydrogens is 404 g/mol. The minimum Gasteiger partial charge on any atom is -0.483 e. The first kappa shape index (κ1) is 22.4. The summed E-state index contributed by atoms with van der Waals surface area (Å²) in [6, 6.07) is 15.8. The van der Waals surface area contributed by atoms with Crippen LogP contribution < -0.4 is 4.74 Å². The van der Waals surface area contributed by atoms with E-state index in [1.165, 1.54) is 59.5 Å². The summed E-state index contributed by atoms with van der Waals surface area (Å²) in [5.41, 5.74) is 8.42. The predicted molar refractivity (Wildman–Crippen MR) is 136 cm³/mol. The molecule has 1 aliphatic carbocycles. The smallest absolute Gasteiger partial charge is 0.167 e. The highest BCUT2D eigenvalue weighted by molar-refractivity contribution is 5.78. The number of hydrogen-bond donors (Lipinski definition) is 0. The SMILES string of the molecule is CC1=C[N+](C)=C(C)CC1Cc1ccc(OC2c3ccccc3CC2(C)N2CCCC2)c(C)c1. The molecule has 0 N–H and O–H groups in total. The van der Waals surface area contributed by atoms with Crippen LogP contribution in [0.25, 0.3) is 0 Å². The van der Waals surface area contributed by atoms with Gasteiger partial charge in [-0.2, -0.15) is 0 Å². The van der Waals surface area contributed by atoms with E-state index in [1.54, 1.807) is 0 Å². The summed E-state index contributed by atoms with van der Waals surface area (Å²) in [7, 11) is 2.16. The molecule has 33 heavy (non-hydrogen) atoms. The second-order valence-electron chi connectivity index (χ2n) is 10.8. The minimum atomic E-state index is 0.0225. The van der Waals surface area contributed by atoms with Crippen molar-refractivity contribution in [1.29, 1.82) is 0 Å². The van der Waals surface area contributed by atoms with Crippen molar-refractivity contribution in [3.05, 3.63) is 76.5 Å². The van der Waals surface area contributed by atoms with Gasteiger partial charge in [-0.3, -0.25) is 4.90 Å². The van der Waals surface area contributed by atoms with Crippen molar-refractivity contribution >= 4 is 5.71 Å². The van der Waals surface area contributed by atoms with Crippen LogP contribution in [0.15, 0.2) is 54.2 Å². The number of hydrogen-bond acceptors (Lipinski definition) is 2. The van der Waals surface area contributed by atoms with Crippen molar-refractivity contribution in [2.24, 2.45) is 5.92 Å². The first-order valence-corrected chi connectivity index (χ1v) is 12.7. The fraction of sp³-hybridized carbons (Fsp3) is 0.500. The zero-order valence-electron chi connectivity index (χ0n) is 21.0.